The Bertz CT molecular complexity index is 771. The van der Waals surface area contributed by atoms with Gasteiger partial charge in [0.25, 0.3) is 0 Å². The molecule has 2 fully saturated rings. The van der Waals surface area contributed by atoms with Gasteiger partial charge in [-0.1, -0.05) is 18.5 Å². The molecule has 0 spiro atoms. The quantitative estimate of drug-likeness (QED) is 0.817. The molecule has 2 aromatic rings. The van der Waals surface area contributed by atoms with Crippen molar-refractivity contribution in [3.05, 3.63) is 17.0 Å². The third-order valence-corrected chi connectivity index (χ3v) is 5.83. The van der Waals surface area contributed by atoms with E-state index in [2.05, 4.69) is 39.0 Å². The van der Waals surface area contributed by atoms with Gasteiger partial charge in [0.05, 0.1) is 11.2 Å². The minimum Gasteiger partial charge on any atom is -0.381 e. The van der Waals surface area contributed by atoms with Crippen LogP contribution in [0.4, 0.5) is 5.95 Å². The maximum atomic E-state index is 6.18. The molecular formula is C19H30ClN7O. The van der Waals surface area contributed by atoms with Crippen LogP contribution in [0.3, 0.4) is 0 Å². The highest BCUT2D eigenvalue weighted by molar-refractivity contribution is 6.32. The average Bonchev–Trinajstić information content (AvgIpc) is 3.10. The van der Waals surface area contributed by atoms with Crippen LogP contribution in [-0.2, 0) is 17.2 Å². The Hall–Kier alpha value is -1.77. The van der Waals surface area contributed by atoms with Gasteiger partial charge in [0.15, 0.2) is 5.82 Å². The lowest BCUT2D eigenvalue weighted by atomic mass is 9.79. The summed E-state index contributed by atoms with van der Waals surface area (Å²) < 4.78 is 7.04. The summed E-state index contributed by atoms with van der Waals surface area (Å²) in [5, 5.41) is 9.14. The fourth-order valence-electron chi connectivity index (χ4n) is 3.62. The van der Waals surface area contributed by atoms with Gasteiger partial charge in [-0.05, 0) is 52.2 Å². The van der Waals surface area contributed by atoms with E-state index in [1.807, 2.05) is 11.6 Å². The maximum absolute atomic E-state index is 6.18. The van der Waals surface area contributed by atoms with Gasteiger partial charge in [-0.25, -0.2) is 9.97 Å². The Morgan fingerprint density at radius 2 is 1.79 bits per heavy atom. The van der Waals surface area contributed by atoms with Gasteiger partial charge in [-0.2, -0.15) is 0 Å². The Kier molecular flexibility index (Phi) is 6.85. The molecule has 2 aliphatic rings. The third kappa shape index (κ3) is 4.79. The molecule has 2 saturated heterocycles. The molecule has 0 saturated carbocycles. The molecule has 0 amide bonds. The Morgan fingerprint density at radius 3 is 2.36 bits per heavy atom. The molecule has 8 nitrogen and oxygen atoms in total. The number of rotatable bonds is 2. The number of halogens is 1. The van der Waals surface area contributed by atoms with E-state index in [-0.39, 0.29) is 11.4 Å². The van der Waals surface area contributed by atoms with Gasteiger partial charge in [-0.15, -0.1) is 10.2 Å². The van der Waals surface area contributed by atoms with Crippen LogP contribution in [0.1, 0.15) is 44.9 Å². The number of nitrogens with zero attached hydrogens (tertiary/aromatic N) is 6. The largest absolute Gasteiger partial charge is 0.381 e. The van der Waals surface area contributed by atoms with Crippen molar-refractivity contribution in [1.29, 1.82) is 0 Å². The van der Waals surface area contributed by atoms with Gasteiger partial charge in [0.1, 0.15) is 11.5 Å². The fraction of sp³-hybridized carbons (Fsp3) is 0.684. The summed E-state index contributed by atoms with van der Waals surface area (Å²) in [5.74, 6) is 1.76. The monoisotopic (exact) mass is 407 g/mol. The third-order valence-electron chi connectivity index (χ3n) is 5.56. The van der Waals surface area contributed by atoms with E-state index in [9.17, 15) is 0 Å². The summed E-state index contributed by atoms with van der Waals surface area (Å²) >= 11 is 6.18. The second-order valence-corrected chi connectivity index (χ2v) is 8.28. The highest BCUT2D eigenvalue weighted by Crippen LogP contribution is 2.35. The summed E-state index contributed by atoms with van der Waals surface area (Å²) in [4.78, 5) is 10.4. The molecule has 154 valence electrons. The van der Waals surface area contributed by atoms with Crippen LogP contribution in [0.15, 0.2) is 6.20 Å². The van der Waals surface area contributed by atoms with Crippen LogP contribution in [0.2, 0.25) is 5.02 Å². The molecular weight excluding hydrogens is 378 g/mol. The highest BCUT2D eigenvalue weighted by Gasteiger charge is 2.35. The van der Waals surface area contributed by atoms with Gasteiger partial charge < -0.3 is 19.9 Å². The number of likely N-dealkylation sites (tertiary alicyclic amines) is 1. The molecule has 9 heteroatoms. The van der Waals surface area contributed by atoms with Crippen molar-refractivity contribution in [3.8, 4) is 11.5 Å². The van der Waals surface area contributed by atoms with Crippen LogP contribution >= 0.6 is 11.6 Å². The van der Waals surface area contributed by atoms with Gasteiger partial charge in [0.2, 0.25) is 5.95 Å². The summed E-state index contributed by atoms with van der Waals surface area (Å²) in [6, 6.07) is 0. The van der Waals surface area contributed by atoms with E-state index >= 15 is 0 Å². The van der Waals surface area contributed by atoms with E-state index in [1.54, 1.807) is 0 Å². The van der Waals surface area contributed by atoms with Crippen LogP contribution < -0.4 is 5.73 Å². The van der Waals surface area contributed by atoms with Crippen molar-refractivity contribution in [2.45, 2.75) is 44.4 Å². The predicted molar refractivity (Wildman–Crippen MR) is 110 cm³/mol. The number of anilines is 1. The van der Waals surface area contributed by atoms with E-state index in [4.69, 9.17) is 22.1 Å². The van der Waals surface area contributed by atoms with Crippen LogP contribution in [0.5, 0.6) is 0 Å². The van der Waals surface area contributed by atoms with Crippen LogP contribution in [0.25, 0.3) is 11.5 Å². The Morgan fingerprint density at radius 1 is 1.11 bits per heavy atom. The van der Waals surface area contributed by atoms with Crippen molar-refractivity contribution < 1.29 is 4.74 Å². The number of hydrogen-bond donors (Lipinski definition) is 1. The summed E-state index contributed by atoms with van der Waals surface area (Å²) in [6.07, 6.45) is 7.52. The highest BCUT2D eigenvalue weighted by atomic mass is 35.5. The predicted octanol–water partition coefficient (Wildman–Crippen LogP) is 2.68. The second-order valence-electron chi connectivity index (χ2n) is 7.87. The first-order valence-electron chi connectivity index (χ1n) is 9.85. The molecule has 4 rings (SSSR count). The average molecular weight is 408 g/mol. The molecule has 2 aromatic heterocycles. The standard InChI is InChI=1S/C14H20ClN7.C5H10O/c1-14(4-6-21(2)7-5-14)12-20-19-11(22(12)3)10-9(15)8-17-13(16)18-10;1-2-4-6-5-3-1/h8H,4-7H2,1-3H3,(H2,16,17,18);1-5H2. The number of nitrogens with two attached hydrogens (primary N) is 1. The molecule has 0 aromatic carbocycles. The summed E-state index contributed by atoms with van der Waals surface area (Å²) in [5.41, 5.74) is 6.19. The van der Waals surface area contributed by atoms with Crippen molar-refractivity contribution in [2.24, 2.45) is 7.05 Å². The lowest BCUT2D eigenvalue weighted by Crippen LogP contribution is -2.40. The Balaban J connectivity index is 0.000000320. The normalized spacial score (nSPS) is 19.7. The van der Waals surface area contributed by atoms with Crippen molar-refractivity contribution in [2.75, 3.05) is 39.1 Å². The first kappa shape index (κ1) is 21.0. The molecule has 0 unspecified atom stereocenters. The van der Waals surface area contributed by atoms with Gasteiger partial charge in [-0.3, -0.25) is 0 Å². The maximum Gasteiger partial charge on any atom is 0.220 e. The van der Waals surface area contributed by atoms with E-state index < -0.39 is 0 Å². The van der Waals surface area contributed by atoms with E-state index in [0.29, 0.717) is 16.5 Å². The van der Waals surface area contributed by atoms with E-state index in [0.717, 1.165) is 45.0 Å². The number of piperidine rings is 1. The molecule has 0 aliphatic carbocycles. The molecule has 28 heavy (non-hydrogen) atoms. The Labute approximate surface area is 171 Å². The molecule has 2 N–H and O–H groups in total. The SMILES string of the molecule is C1CCOCC1.CN1CCC(C)(c2nnc(-c3nc(N)ncc3Cl)n2C)CC1. The summed E-state index contributed by atoms with van der Waals surface area (Å²) in [6.45, 7) is 6.35. The summed E-state index contributed by atoms with van der Waals surface area (Å²) in [7, 11) is 4.09. The van der Waals surface area contributed by atoms with Crippen molar-refractivity contribution >= 4 is 17.5 Å². The zero-order valence-electron chi connectivity index (χ0n) is 17.0. The zero-order valence-corrected chi connectivity index (χ0v) is 17.7. The number of ether oxygens (including phenoxy) is 1. The van der Waals surface area contributed by atoms with Crippen LogP contribution in [0, 0.1) is 0 Å². The van der Waals surface area contributed by atoms with Crippen LogP contribution in [-0.4, -0.2) is 63.0 Å². The van der Waals surface area contributed by atoms with Gasteiger partial charge in [0, 0.05) is 25.7 Å². The van der Waals surface area contributed by atoms with Crippen molar-refractivity contribution in [3.63, 3.8) is 0 Å². The minimum atomic E-state index is 0.0115. The molecule has 0 atom stereocenters. The minimum absolute atomic E-state index is 0.0115. The smallest absolute Gasteiger partial charge is 0.220 e. The lowest BCUT2D eigenvalue weighted by molar-refractivity contribution is 0.0968. The first-order chi connectivity index (χ1) is 13.4. The number of nitrogen functional groups attached to an aromatic ring is 1. The molecule has 2 aliphatic heterocycles. The topological polar surface area (TPSA) is 95.0 Å². The number of hydrogen-bond acceptors (Lipinski definition) is 7. The van der Waals surface area contributed by atoms with Gasteiger partial charge >= 0.3 is 0 Å². The lowest BCUT2D eigenvalue weighted by Gasteiger charge is -2.36. The number of aromatic nitrogens is 5. The first-order valence-corrected chi connectivity index (χ1v) is 10.2. The van der Waals surface area contributed by atoms with E-state index in [1.165, 1.54) is 25.5 Å². The molecule has 0 radical (unpaired) electrons. The molecule has 4 heterocycles. The second kappa shape index (κ2) is 9.15. The molecule has 0 bridgehead atoms. The zero-order chi connectivity index (χ0) is 20.1. The van der Waals surface area contributed by atoms with Crippen molar-refractivity contribution in [1.82, 2.24) is 29.6 Å². The fourth-order valence-corrected chi connectivity index (χ4v) is 3.80.